The molecule has 3 atom stereocenters. The number of hydrogen-bond donors (Lipinski definition) is 0. The zero-order valence-electron chi connectivity index (χ0n) is 11.3. The third-order valence-electron chi connectivity index (χ3n) is 4.47. The van der Waals surface area contributed by atoms with Crippen molar-refractivity contribution in [1.29, 1.82) is 0 Å². The van der Waals surface area contributed by atoms with Gasteiger partial charge in [-0.3, -0.25) is 0 Å². The van der Waals surface area contributed by atoms with Crippen molar-refractivity contribution in [2.45, 2.75) is 18.8 Å². The molecule has 4 rings (SSSR count). The van der Waals surface area contributed by atoms with E-state index in [4.69, 9.17) is 0 Å². The molecule has 0 nitrogen and oxygen atoms in total. The predicted molar refractivity (Wildman–Crippen MR) is 90.1 cm³/mol. The molecule has 0 saturated carbocycles. The Morgan fingerprint density at radius 2 is 2.00 bits per heavy atom. The summed E-state index contributed by atoms with van der Waals surface area (Å²) in [5.41, 5.74) is 5.03. The van der Waals surface area contributed by atoms with Gasteiger partial charge in [0.05, 0.1) is 0 Å². The Morgan fingerprint density at radius 1 is 1.10 bits per heavy atom. The van der Waals surface area contributed by atoms with Crippen molar-refractivity contribution in [3.05, 3.63) is 66.3 Å². The number of fused-ring (bicyclic) bond motifs is 4. The smallest absolute Gasteiger partial charge is 0.00906 e. The van der Waals surface area contributed by atoms with Gasteiger partial charge in [0.1, 0.15) is 0 Å². The van der Waals surface area contributed by atoms with Crippen LogP contribution in [0.15, 0.2) is 60.7 Å². The number of benzene rings is 1. The fraction of sp³-hybridized carbons (Fsp3) is 0.211. The maximum atomic E-state index is 3.53. The quantitative estimate of drug-likeness (QED) is 0.499. The first-order valence-corrected chi connectivity index (χ1v) is 8.79. The van der Waals surface area contributed by atoms with E-state index in [0.717, 1.165) is 0 Å². The summed E-state index contributed by atoms with van der Waals surface area (Å²) in [4.78, 5) is 0. The summed E-state index contributed by atoms with van der Waals surface area (Å²) < 4.78 is 0. The van der Waals surface area contributed by atoms with Gasteiger partial charge in [-0.25, -0.2) is 0 Å². The minimum absolute atomic E-state index is 0.544. The second-order valence-corrected chi connectivity index (χ2v) is 7.77. The van der Waals surface area contributed by atoms with Gasteiger partial charge < -0.3 is 0 Å². The fourth-order valence-electron chi connectivity index (χ4n) is 3.47. The van der Waals surface area contributed by atoms with E-state index in [1.165, 1.54) is 23.7 Å². The summed E-state index contributed by atoms with van der Waals surface area (Å²) >= 11 is 0. The molecule has 1 aliphatic carbocycles. The minimum atomic E-state index is -0.844. The maximum Gasteiger partial charge on any atom is 0.00906 e. The lowest BCUT2D eigenvalue weighted by Gasteiger charge is -2.30. The van der Waals surface area contributed by atoms with E-state index in [9.17, 15) is 0 Å². The minimum Gasteiger partial charge on any atom is -0.0805 e. The van der Waals surface area contributed by atoms with Crippen LogP contribution in [0.4, 0.5) is 0 Å². The average Bonchev–Trinajstić information content (AvgIpc) is 2.52. The zero-order valence-corrected chi connectivity index (χ0v) is 12.3. The van der Waals surface area contributed by atoms with Gasteiger partial charge in [-0.1, -0.05) is 60.2 Å². The molecule has 1 aromatic carbocycles. The summed E-state index contributed by atoms with van der Waals surface area (Å²) in [7, 11) is -0.844. The van der Waals surface area contributed by atoms with E-state index in [0.29, 0.717) is 11.8 Å². The summed E-state index contributed by atoms with van der Waals surface area (Å²) in [5.74, 6) is 4.39. The Hall–Kier alpha value is -1.70. The van der Waals surface area contributed by atoms with Crippen molar-refractivity contribution in [3.8, 4) is 11.6 Å². The van der Waals surface area contributed by atoms with Crippen molar-refractivity contribution >= 4 is 18.1 Å². The van der Waals surface area contributed by atoms with Gasteiger partial charge >= 0.3 is 0 Å². The van der Waals surface area contributed by atoms with Crippen LogP contribution < -0.4 is 5.30 Å². The van der Waals surface area contributed by atoms with Crippen LogP contribution in [0, 0.1) is 17.5 Å². The molecular formula is C19H17P. The van der Waals surface area contributed by atoms with Crippen LogP contribution >= 0.6 is 7.55 Å². The highest BCUT2D eigenvalue weighted by Gasteiger charge is 2.26. The van der Waals surface area contributed by atoms with E-state index in [2.05, 4.69) is 66.2 Å². The van der Waals surface area contributed by atoms with Gasteiger partial charge in [0.15, 0.2) is 0 Å². The van der Waals surface area contributed by atoms with E-state index in [1.54, 1.807) is 5.29 Å². The van der Waals surface area contributed by atoms with E-state index < -0.39 is 7.55 Å². The third kappa shape index (κ3) is 1.94. The molecule has 3 unspecified atom stereocenters. The first-order valence-electron chi connectivity index (χ1n) is 7.29. The maximum absolute atomic E-state index is 3.53. The van der Waals surface area contributed by atoms with Crippen LogP contribution in [-0.2, 0) is 0 Å². The topological polar surface area (TPSA) is 0 Å². The van der Waals surface area contributed by atoms with Crippen molar-refractivity contribution < 1.29 is 0 Å². The molecule has 0 radical (unpaired) electrons. The summed E-state index contributed by atoms with van der Waals surface area (Å²) in [6.45, 7) is 0. The van der Waals surface area contributed by atoms with Crippen molar-refractivity contribution in [2.24, 2.45) is 5.92 Å². The number of rotatable bonds is 0. The average molecular weight is 276 g/mol. The molecule has 98 valence electrons. The lowest BCUT2D eigenvalue weighted by Crippen LogP contribution is -2.22. The molecule has 0 spiro atoms. The second-order valence-electron chi connectivity index (χ2n) is 5.59. The number of allylic oxidation sites excluding steroid dienone is 6. The highest BCUT2D eigenvalue weighted by atomic mass is 31.1. The van der Waals surface area contributed by atoms with E-state index in [-0.39, 0.29) is 0 Å². The highest BCUT2D eigenvalue weighted by molar-refractivity contribution is 7.71. The second kappa shape index (κ2) is 5.01. The van der Waals surface area contributed by atoms with Gasteiger partial charge in [-0.15, -0.1) is 0 Å². The largest absolute Gasteiger partial charge is 0.0805 e. The van der Waals surface area contributed by atoms with Crippen LogP contribution in [0.1, 0.15) is 24.3 Å². The third-order valence-corrected chi connectivity index (χ3v) is 6.92. The summed E-state index contributed by atoms with van der Waals surface area (Å²) in [5, 5.41) is 3.10. The lowest BCUT2D eigenvalue weighted by molar-refractivity contribution is 0.546. The summed E-state index contributed by atoms with van der Waals surface area (Å²) in [6.07, 6.45) is 15.9. The molecular weight excluding hydrogens is 259 g/mol. The monoisotopic (exact) mass is 276 g/mol. The molecule has 3 aliphatic rings. The van der Waals surface area contributed by atoms with Crippen molar-refractivity contribution in [3.63, 3.8) is 0 Å². The Morgan fingerprint density at radius 3 is 3.00 bits per heavy atom. The summed E-state index contributed by atoms with van der Waals surface area (Å²) in [6, 6.07) is 8.98. The Kier molecular flexibility index (Phi) is 3.02. The molecule has 0 bridgehead atoms. The SMILES string of the molecule is C1#C[PH]2=C(C=C1)CCC1C=CC=CC1c1ccccc12. The molecule has 20 heavy (non-hydrogen) atoms. The Balaban J connectivity index is 1.95. The zero-order chi connectivity index (χ0) is 13.4. The standard InChI is InChI=1S/C19H17P/c1-2-9-17-15(7-1)12-13-16-8-5-6-14-20(16)19-11-4-3-10-18(17)19/h1-5,7-11,15,17,20H,12-13H2. The van der Waals surface area contributed by atoms with E-state index in [1.807, 2.05) is 6.08 Å². The van der Waals surface area contributed by atoms with Gasteiger partial charge in [-0.05, 0) is 54.6 Å². The van der Waals surface area contributed by atoms with Crippen LogP contribution in [0.5, 0.6) is 0 Å². The molecule has 1 heteroatoms. The molecule has 0 amide bonds. The van der Waals surface area contributed by atoms with Gasteiger partial charge in [0.2, 0.25) is 0 Å². The Bertz CT molecular complexity index is 735. The normalized spacial score (nSPS) is 29.4. The van der Waals surface area contributed by atoms with Gasteiger partial charge in [-0.2, -0.15) is 0 Å². The Labute approximate surface area is 121 Å². The molecule has 2 heterocycles. The van der Waals surface area contributed by atoms with Crippen LogP contribution in [0.2, 0.25) is 0 Å². The molecule has 0 N–H and O–H groups in total. The number of hydrogen-bond acceptors (Lipinski definition) is 0. The molecule has 0 fully saturated rings. The predicted octanol–water partition coefficient (Wildman–Crippen LogP) is 3.85. The molecule has 0 saturated heterocycles. The molecule has 1 aromatic rings. The van der Waals surface area contributed by atoms with Crippen molar-refractivity contribution in [2.75, 3.05) is 0 Å². The highest BCUT2D eigenvalue weighted by Crippen LogP contribution is 2.40. The van der Waals surface area contributed by atoms with Crippen molar-refractivity contribution in [1.82, 2.24) is 0 Å². The van der Waals surface area contributed by atoms with Crippen LogP contribution in [0.25, 0.3) is 0 Å². The van der Waals surface area contributed by atoms with Gasteiger partial charge in [0.25, 0.3) is 0 Å². The molecule has 2 aliphatic heterocycles. The molecule has 0 aromatic heterocycles. The van der Waals surface area contributed by atoms with Crippen LogP contribution in [0.3, 0.4) is 0 Å². The van der Waals surface area contributed by atoms with Gasteiger partial charge in [0, 0.05) is 5.92 Å². The first-order chi connectivity index (χ1) is 9.93. The van der Waals surface area contributed by atoms with Crippen LogP contribution in [-0.4, -0.2) is 5.29 Å². The van der Waals surface area contributed by atoms with E-state index >= 15 is 0 Å². The lowest BCUT2D eigenvalue weighted by atomic mass is 9.80. The first kappa shape index (κ1) is 12.1. The fourth-order valence-corrected chi connectivity index (χ4v) is 5.78.